The summed E-state index contributed by atoms with van der Waals surface area (Å²) in [6.45, 7) is 6.74. The molecule has 4 N–H and O–H groups in total. The van der Waals surface area contributed by atoms with E-state index < -0.39 is 5.91 Å². The quantitative estimate of drug-likeness (QED) is 0.438. The van der Waals surface area contributed by atoms with Crippen molar-refractivity contribution in [3.63, 3.8) is 0 Å². The molecular weight excluding hydrogens is 270 g/mol. The van der Waals surface area contributed by atoms with Crippen LogP contribution < -0.4 is 16.1 Å². The second kappa shape index (κ2) is 8.34. The molecule has 122 valence electrons. The van der Waals surface area contributed by atoms with E-state index in [2.05, 4.69) is 31.4 Å². The highest BCUT2D eigenvalue weighted by Gasteiger charge is 2.30. The summed E-state index contributed by atoms with van der Waals surface area (Å²) in [6.07, 6.45) is 5.47. The van der Waals surface area contributed by atoms with E-state index in [9.17, 15) is 9.59 Å². The lowest BCUT2D eigenvalue weighted by Crippen LogP contribution is -2.52. The van der Waals surface area contributed by atoms with Gasteiger partial charge in [-0.25, -0.2) is 5.48 Å². The molecule has 0 aliphatic heterocycles. The highest BCUT2D eigenvalue weighted by Crippen LogP contribution is 2.26. The first kappa shape index (κ1) is 17.9. The predicted molar refractivity (Wildman–Crippen MR) is 80.8 cm³/mol. The maximum Gasteiger partial charge on any atom is 0.257 e. The van der Waals surface area contributed by atoms with Gasteiger partial charge in [-0.05, 0) is 24.2 Å². The van der Waals surface area contributed by atoms with Gasteiger partial charge in [-0.2, -0.15) is 0 Å². The molecule has 0 radical (unpaired) electrons. The third-order valence-electron chi connectivity index (χ3n) is 3.80. The molecule has 0 heterocycles. The van der Waals surface area contributed by atoms with Crippen LogP contribution in [0.4, 0.5) is 0 Å². The first-order valence-electron chi connectivity index (χ1n) is 7.77. The average Bonchev–Trinajstić information content (AvgIpc) is 2.45. The van der Waals surface area contributed by atoms with Crippen molar-refractivity contribution in [2.24, 2.45) is 11.3 Å². The van der Waals surface area contributed by atoms with Crippen molar-refractivity contribution in [2.45, 2.75) is 58.9 Å². The Morgan fingerprint density at radius 2 is 1.81 bits per heavy atom. The van der Waals surface area contributed by atoms with Crippen molar-refractivity contribution in [3.8, 4) is 0 Å². The van der Waals surface area contributed by atoms with E-state index in [1.54, 1.807) is 5.48 Å². The van der Waals surface area contributed by atoms with Gasteiger partial charge < -0.3 is 5.32 Å². The summed E-state index contributed by atoms with van der Waals surface area (Å²) >= 11 is 0. The summed E-state index contributed by atoms with van der Waals surface area (Å²) in [5.74, 6) is -0.327. The van der Waals surface area contributed by atoms with Crippen molar-refractivity contribution in [1.29, 1.82) is 0 Å². The van der Waals surface area contributed by atoms with Gasteiger partial charge in [0.2, 0.25) is 5.91 Å². The molecule has 6 nitrogen and oxygen atoms in total. The topological polar surface area (TPSA) is 90.5 Å². The van der Waals surface area contributed by atoms with Gasteiger partial charge in [-0.15, -0.1) is 0 Å². The molecule has 0 spiro atoms. The van der Waals surface area contributed by atoms with Gasteiger partial charge in [0, 0.05) is 6.54 Å². The molecule has 1 rings (SSSR count). The van der Waals surface area contributed by atoms with Crippen LogP contribution in [0, 0.1) is 11.3 Å². The van der Waals surface area contributed by atoms with Gasteiger partial charge in [0.15, 0.2) is 0 Å². The molecule has 6 heteroatoms. The molecule has 1 unspecified atom stereocenters. The standard InChI is InChI=1S/C15H29N3O3/c1-15(2,3)10-17-14(20)13(16-9-12(19)18-21)11-7-5-4-6-8-11/h11,13,16,21H,4-10H2,1-3H3,(H,17,20)(H,18,19). The van der Waals surface area contributed by atoms with Gasteiger partial charge in [-0.3, -0.25) is 20.1 Å². The lowest BCUT2D eigenvalue weighted by Gasteiger charge is -2.31. The highest BCUT2D eigenvalue weighted by atomic mass is 16.5. The lowest BCUT2D eigenvalue weighted by molar-refractivity contribution is -0.129. The van der Waals surface area contributed by atoms with Crippen LogP contribution in [0.1, 0.15) is 52.9 Å². The molecule has 0 aromatic carbocycles. The number of carbonyl (C=O) groups is 2. The Morgan fingerprint density at radius 3 is 2.33 bits per heavy atom. The zero-order valence-corrected chi connectivity index (χ0v) is 13.4. The van der Waals surface area contributed by atoms with Crippen molar-refractivity contribution < 1.29 is 14.8 Å². The minimum absolute atomic E-state index is 0.0231. The van der Waals surface area contributed by atoms with Gasteiger partial charge in [-0.1, -0.05) is 40.0 Å². The normalized spacial score (nSPS) is 18.1. The van der Waals surface area contributed by atoms with Crippen LogP contribution in [-0.2, 0) is 9.59 Å². The smallest absolute Gasteiger partial charge is 0.257 e. The SMILES string of the molecule is CC(C)(C)CNC(=O)C(NCC(=O)NO)C1CCCCC1. The number of hydrogen-bond acceptors (Lipinski definition) is 4. The Labute approximate surface area is 127 Å². The van der Waals surface area contributed by atoms with Crippen LogP contribution in [0.25, 0.3) is 0 Å². The van der Waals surface area contributed by atoms with E-state index in [4.69, 9.17) is 5.21 Å². The Kier molecular flexibility index (Phi) is 7.11. The maximum absolute atomic E-state index is 12.4. The van der Waals surface area contributed by atoms with Crippen molar-refractivity contribution >= 4 is 11.8 Å². The highest BCUT2D eigenvalue weighted by molar-refractivity contribution is 5.83. The third-order valence-corrected chi connectivity index (χ3v) is 3.80. The van der Waals surface area contributed by atoms with E-state index in [1.165, 1.54) is 6.42 Å². The van der Waals surface area contributed by atoms with E-state index in [0.29, 0.717) is 6.54 Å². The molecule has 1 saturated carbocycles. The summed E-state index contributed by atoms with van der Waals surface area (Å²) in [6, 6.07) is -0.370. The summed E-state index contributed by atoms with van der Waals surface area (Å²) in [5.41, 5.74) is 1.61. The third kappa shape index (κ3) is 6.91. The van der Waals surface area contributed by atoms with Crippen molar-refractivity contribution in [3.05, 3.63) is 0 Å². The summed E-state index contributed by atoms with van der Waals surface area (Å²) in [7, 11) is 0. The molecule has 1 fully saturated rings. The van der Waals surface area contributed by atoms with Gasteiger partial charge in [0.05, 0.1) is 12.6 Å². The van der Waals surface area contributed by atoms with Crippen molar-refractivity contribution in [1.82, 2.24) is 16.1 Å². The van der Waals surface area contributed by atoms with E-state index in [-0.39, 0.29) is 29.8 Å². The number of hydroxylamine groups is 1. The predicted octanol–water partition coefficient (Wildman–Crippen LogP) is 1.19. The number of nitrogens with one attached hydrogen (secondary N) is 3. The minimum Gasteiger partial charge on any atom is -0.354 e. The van der Waals surface area contributed by atoms with Crippen LogP contribution in [0.3, 0.4) is 0 Å². The molecular formula is C15H29N3O3. The Bertz CT molecular complexity index is 347. The zero-order chi connectivity index (χ0) is 15.9. The minimum atomic E-state index is -0.528. The second-order valence-corrected chi connectivity index (χ2v) is 7.07. The zero-order valence-electron chi connectivity index (χ0n) is 13.4. The second-order valence-electron chi connectivity index (χ2n) is 7.07. The molecule has 1 aliphatic carbocycles. The van der Waals surface area contributed by atoms with Crippen molar-refractivity contribution in [2.75, 3.05) is 13.1 Å². The summed E-state index contributed by atoms with van der Waals surface area (Å²) in [4.78, 5) is 23.6. The van der Waals surface area contributed by atoms with Gasteiger partial charge in [0.1, 0.15) is 0 Å². The molecule has 21 heavy (non-hydrogen) atoms. The molecule has 0 bridgehead atoms. The van der Waals surface area contributed by atoms with Crippen LogP contribution in [0.5, 0.6) is 0 Å². The molecule has 0 aromatic rings. The number of amides is 2. The molecule has 1 atom stereocenters. The number of carbonyl (C=O) groups excluding carboxylic acids is 2. The molecule has 0 aromatic heterocycles. The fraction of sp³-hybridized carbons (Fsp3) is 0.867. The molecule has 2 amide bonds. The van der Waals surface area contributed by atoms with Gasteiger partial charge >= 0.3 is 0 Å². The fourth-order valence-electron chi connectivity index (χ4n) is 2.65. The average molecular weight is 299 g/mol. The number of hydrogen-bond donors (Lipinski definition) is 4. The summed E-state index contributed by atoms with van der Waals surface area (Å²) < 4.78 is 0. The lowest BCUT2D eigenvalue weighted by atomic mass is 9.83. The Balaban J connectivity index is 2.60. The van der Waals surface area contributed by atoms with Crippen LogP contribution >= 0.6 is 0 Å². The van der Waals surface area contributed by atoms with Crippen LogP contribution in [0.2, 0.25) is 0 Å². The van der Waals surface area contributed by atoms with E-state index in [1.807, 2.05) is 0 Å². The maximum atomic E-state index is 12.4. The van der Waals surface area contributed by atoms with E-state index in [0.717, 1.165) is 25.7 Å². The molecule has 0 saturated heterocycles. The molecule has 1 aliphatic rings. The first-order valence-corrected chi connectivity index (χ1v) is 7.77. The van der Waals surface area contributed by atoms with E-state index >= 15 is 0 Å². The summed E-state index contributed by atoms with van der Waals surface area (Å²) in [5, 5.41) is 14.5. The number of rotatable bonds is 6. The first-order chi connectivity index (χ1) is 9.83. The Morgan fingerprint density at radius 1 is 1.19 bits per heavy atom. The van der Waals surface area contributed by atoms with Crippen LogP contribution in [-0.4, -0.2) is 36.2 Å². The Hall–Kier alpha value is -1.14. The van der Waals surface area contributed by atoms with Crippen LogP contribution in [0.15, 0.2) is 0 Å². The van der Waals surface area contributed by atoms with Gasteiger partial charge in [0.25, 0.3) is 5.91 Å². The monoisotopic (exact) mass is 299 g/mol. The largest absolute Gasteiger partial charge is 0.354 e. The fourth-order valence-corrected chi connectivity index (χ4v) is 2.65.